The Hall–Kier alpha value is -3.48. The van der Waals surface area contributed by atoms with Gasteiger partial charge in [0.2, 0.25) is 5.91 Å². The highest BCUT2D eigenvalue weighted by Crippen LogP contribution is 2.30. The molecule has 1 aliphatic rings. The number of hydrogen-bond donors (Lipinski definition) is 1. The van der Waals surface area contributed by atoms with E-state index in [0.717, 1.165) is 10.5 Å². The number of urea groups is 1. The highest BCUT2D eigenvalue weighted by atomic mass is 16.5. The summed E-state index contributed by atoms with van der Waals surface area (Å²) in [6.45, 7) is 1.88. The first-order valence-electron chi connectivity index (χ1n) is 7.94. The molecule has 1 atom stereocenters. The number of hydrogen-bond acceptors (Lipinski definition) is 5. The molecule has 1 heterocycles. The molecule has 0 radical (unpaired) electrons. The molecule has 2 aromatic carbocycles. The minimum atomic E-state index is -1.21. The van der Waals surface area contributed by atoms with E-state index in [0.29, 0.717) is 11.4 Å². The molecule has 7 nitrogen and oxygen atoms in total. The van der Waals surface area contributed by atoms with Crippen molar-refractivity contribution >= 4 is 35.4 Å². The van der Waals surface area contributed by atoms with Gasteiger partial charge in [0.05, 0.1) is 18.5 Å². The number of nitrogens with zero attached hydrogens (tertiary/aromatic N) is 2. The number of carbonyl (C=O) groups excluding carboxylic acids is 3. The summed E-state index contributed by atoms with van der Waals surface area (Å²) in [6.07, 6.45) is 1.26. The van der Waals surface area contributed by atoms with Crippen LogP contribution in [0.15, 0.2) is 53.5 Å². The monoisotopic (exact) mass is 351 g/mol. The van der Waals surface area contributed by atoms with Crippen LogP contribution in [0.1, 0.15) is 5.56 Å². The maximum Gasteiger partial charge on any atom is 0.335 e. The molecule has 0 aliphatic carbocycles. The number of benzene rings is 2. The number of amides is 4. The lowest BCUT2D eigenvalue weighted by molar-refractivity contribution is -0.131. The summed E-state index contributed by atoms with van der Waals surface area (Å²) in [4.78, 5) is 42.3. The lowest BCUT2D eigenvalue weighted by Gasteiger charge is -2.29. The number of ether oxygens (including phenoxy) is 1. The second-order valence-electron chi connectivity index (χ2n) is 5.68. The predicted octanol–water partition coefficient (Wildman–Crippen LogP) is 2.61. The summed E-state index contributed by atoms with van der Waals surface area (Å²) in [7, 11) is 1.44. The van der Waals surface area contributed by atoms with Gasteiger partial charge in [-0.25, -0.2) is 9.69 Å². The van der Waals surface area contributed by atoms with Gasteiger partial charge in [0.25, 0.3) is 5.91 Å². The van der Waals surface area contributed by atoms with Gasteiger partial charge in [-0.2, -0.15) is 0 Å². The molecule has 2 aromatic rings. The summed E-state index contributed by atoms with van der Waals surface area (Å²) in [5, 5.41) is 2.19. The molecule has 0 bridgehead atoms. The van der Waals surface area contributed by atoms with E-state index < -0.39 is 23.8 Å². The quantitative estimate of drug-likeness (QED) is 0.677. The van der Waals surface area contributed by atoms with Crippen molar-refractivity contribution in [1.82, 2.24) is 5.32 Å². The van der Waals surface area contributed by atoms with Gasteiger partial charge in [-0.1, -0.05) is 30.3 Å². The van der Waals surface area contributed by atoms with Crippen molar-refractivity contribution in [3.8, 4) is 5.75 Å². The van der Waals surface area contributed by atoms with E-state index in [1.54, 1.807) is 30.3 Å². The molecular formula is C19H17N3O4. The number of nitrogens with one attached hydrogen (secondary N) is 1. The molecule has 1 N–H and O–H groups in total. The topological polar surface area (TPSA) is 88.1 Å². The van der Waals surface area contributed by atoms with Crippen LogP contribution in [0.5, 0.6) is 5.75 Å². The van der Waals surface area contributed by atoms with Gasteiger partial charge >= 0.3 is 6.03 Å². The highest BCUT2D eigenvalue weighted by Gasteiger charge is 2.41. The summed E-state index contributed by atoms with van der Waals surface area (Å²) in [5.74, 6) is -2.25. The third kappa shape index (κ3) is 3.19. The average molecular weight is 351 g/mol. The lowest BCUT2D eigenvalue weighted by Crippen LogP contribution is -2.58. The van der Waals surface area contributed by atoms with E-state index >= 15 is 0 Å². The molecule has 1 aliphatic heterocycles. The van der Waals surface area contributed by atoms with Gasteiger partial charge in [-0.05, 0) is 30.7 Å². The third-order valence-electron chi connectivity index (χ3n) is 4.01. The first-order valence-corrected chi connectivity index (χ1v) is 7.94. The average Bonchev–Trinajstić information content (AvgIpc) is 2.63. The maximum atomic E-state index is 12.8. The molecule has 0 spiro atoms. The second-order valence-corrected chi connectivity index (χ2v) is 5.68. The van der Waals surface area contributed by atoms with Gasteiger partial charge in [-0.15, -0.1) is 0 Å². The van der Waals surface area contributed by atoms with Gasteiger partial charge < -0.3 is 4.74 Å². The summed E-state index contributed by atoms with van der Waals surface area (Å²) in [5.41, 5.74) is 1.82. The van der Waals surface area contributed by atoms with Crippen LogP contribution in [0.3, 0.4) is 0 Å². The van der Waals surface area contributed by atoms with Gasteiger partial charge in [0.1, 0.15) is 5.75 Å². The van der Waals surface area contributed by atoms with Crippen LogP contribution in [0, 0.1) is 12.8 Å². The first-order chi connectivity index (χ1) is 12.5. The molecular weight excluding hydrogens is 334 g/mol. The van der Waals surface area contributed by atoms with Crippen molar-refractivity contribution in [2.24, 2.45) is 10.9 Å². The molecule has 26 heavy (non-hydrogen) atoms. The Morgan fingerprint density at radius 2 is 1.77 bits per heavy atom. The molecule has 4 amide bonds. The number of rotatable bonds is 4. The third-order valence-corrected chi connectivity index (χ3v) is 4.01. The zero-order chi connectivity index (χ0) is 18.7. The molecule has 132 valence electrons. The van der Waals surface area contributed by atoms with Crippen molar-refractivity contribution in [3.05, 3.63) is 54.1 Å². The highest BCUT2D eigenvalue weighted by molar-refractivity contribution is 6.33. The number of anilines is 1. The van der Waals surface area contributed by atoms with Crippen molar-refractivity contribution in [2.45, 2.75) is 6.92 Å². The molecule has 7 heteroatoms. The van der Waals surface area contributed by atoms with Gasteiger partial charge in [0.15, 0.2) is 5.92 Å². The van der Waals surface area contributed by atoms with Crippen LogP contribution in [-0.4, -0.2) is 31.2 Å². The van der Waals surface area contributed by atoms with Crippen molar-refractivity contribution in [2.75, 3.05) is 12.0 Å². The van der Waals surface area contributed by atoms with E-state index in [1.807, 2.05) is 25.1 Å². The summed E-state index contributed by atoms with van der Waals surface area (Å²) < 4.78 is 5.21. The Morgan fingerprint density at radius 3 is 2.50 bits per heavy atom. The molecule has 0 aromatic heterocycles. The Labute approximate surface area is 150 Å². The summed E-state index contributed by atoms with van der Waals surface area (Å²) >= 11 is 0. The maximum absolute atomic E-state index is 12.8. The minimum absolute atomic E-state index is 0.263. The van der Waals surface area contributed by atoms with E-state index in [1.165, 1.54) is 13.3 Å². The minimum Gasteiger partial charge on any atom is -0.495 e. The van der Waals surface area contributed by atoms with E-state index in [2.05, 4.69) is 10.3 Å². The number of aliphatic imine (C=N–C) groups is 1. The Morgan fingerprint density at radius 1 is 1.08 bits per heavy atom. The number of carbonyl (C=O) groups is 3. The van der Waals surface area contributed by atoms with Crippen molar-refractivity contribution < 1.29 is 19.1 Å². The van der Waals surface area contributed by atoms with Crippen LogP contribution in [-0.2, 0) is 9.59 Å². The van der Waals surface area contributed by atoms with E-state index in [-0.39, 0.29) is 5.69 Å². The molecule has 1 saturated heterocycles. The van der Waals surface area contributed by atoms with Crippen LogP contribution in [0.2, 0.25) is 0 Å². The molecule has 0 unspecified atom stereocenters. The fourth-order valence-corrected chi connectivity index (χ4v) is 2.63. The second kappa shape index (κ2) is 7.18. The zero-order valence-corrected chi connectivity index (χ0v) is 14.3. The fraction of sp³-hybridized carbons (Fsp3) is 0.158. The van der Waals surface area contributed by atoms with Crippen molar-refractivity contribution in [3.63, 3.8) is 0 Å². The Kier molecular flexibility index (Phi) is 4.79. The number of para-hydroxylation sites is 3. The van der Waals surface area contributed by atoms with Crippen LogP contribution >= 0.6 is 0 Å². The fourth-order valence-electron chi connectivity index (χ4n) is 2.63. The van der Waals surface area contributed by atoms with Crippen molar-refractivity contribution in [1.29, 1.82) is 0 Å². The van der Waals surface area contributed by atoms with E-state index in [9.17, 15) is 14.4 Å². The number of methoxy groups -OCH3 is 1. The largest absolute Gasteiger partial charge is 0.495 e. The van der Waals surface area contributed by atoms with Crippen LogP contribution in [0.4, 0.5) is 16.2 Å². The SMILES string of the molecule is COc1ccccc1N1C(=O)NC(=O)[C@@H](C=Nc2ccccc2C)C1=O. The first kappa shape index (κ1) is 17.3. The smallest absolute Gasteiger partial charge is 0.335 e. The Bertz CT molecular complexity index is 907. The number of barbiturate groups is 1. The standard InChI is InChI=1S/C19H17N3O4/c1-12-7-3-4-8-14(12)20-11-13-17(23)21-19(25)22(18(13)24)15-9-5-6-10-16(15)26-2/h3-11,13H,1-2H3,(H,21,23,25)/t13-/m1/s1. The molecule has 1 fully saturated rings. The number of aryl methyl sites for hydroxylation is 1. The Balaban J connectivity index is 1.95. The predicted molar refractivity (Wildman–Crippen MR) is 96.8 cm³/mol. The molecule has 3 rings (SSSR count). The lowest BCUT2D eigenvalue weighted by atomic mass is 10.1. The normalized spacial score (nSPS) is 17.5. The van der Waals surface area contributed by atoms with Gasteiger partial charge in [0, 0.05) is 6.21 Å². The molecule has 0 saturated carbocycles. The van der Waals surface area contributed by atoms with Crippen LogP contribution < -0.4 is 15.0 Å². The van der Waals surface area contributed by atoms with Crippen LogP contribution in [0.25, 0.3) is 0 Å². The van der Waals surface area contributed by atoms with E-state index in [4.69, 9.17) is 4.74 Å². The number of imide groups is 2. The zero-order valence-electron chi connectivity index (χ0n) is 14.3. The van der Waals surface area contributed by atoms with Gasteiger partial charge in [-0.3, -0.25) is 19.9 Å². The summed E-state index contributed by atoms with van der Waals surface area (Å²) in [6, 6.07) is 13.1.